The Morgan fingerprint density at radius 2 is 1.79 bits per heavy atom. The maximum Gasteiger partial charge on any atom is 0.277 e. The summed E-state index contributed by atoms with van der Waals surface area (Å²) in [5.74, 6) is -1.04. The molecule has 0 aliphatic heterocycles. The van der Waals surface area contributed by atoms with Crippen LogP contribution >= 0.6 is 0 Å². The van der Waals surface area contributed by atoms with E-state index in [1.165, 1.54) is 28.8 Å². The van der Waals surface area contributed by atoms with Gasteiger partial charge in [0.15, 0.2) is 4.90 Å². The van der Waals surface area contributed by atoms with Gasteiger partial charge >= 0.3 is 0 Å². The Bertz CT molecular complexity index is 1620. The molecule has 0 saturated carbocycles. The van der Waals surface area contributed by atoms with E-state index >= 15 is 0 Å². The number of aromatic nitrogens is 3. The van der Waals surface area contributed by atoms with Crippen molar-refractivity contribution in [1.29, 1.82) is 0 Å². The first-order valence-electron chi connectivity index (χ1n) is 12.6. The second-order valence-electron chi connectivity index (χ2n) is 9.10. The van der Waals surface area contributed by atoms with Crippen molar-refractivity contribution in [3.8, 4) is 17.0 Å². The highest BCUT2D eigenvalue weighted by Gasteiger charge is 2.31. The lowest BCUT2D eigenvalue weighted by Gasteiger charge is -2.23. The SMILES string of the molecule is CCCCc1nc(O)c(S(=O)(=O)c2ccc(-c3cccnc3C)cc2)c(=O)n1C(CC)c1cccc(F)c1. The molecular weight excluding hydrogens is 505 g/mol. The Hall–Kier alpha value is -3.85. The zero-order valence-corrected chi connectivity index (χ0v) is 22.4. The normalized spacial score (nSPS) is 12.4. The van der Waals surface area contributed by atoms with Crippen molar-refractivity contribution in [2.45, 2.75) is 62.3 Å². The van der Waals surface area contributed by atoms with E-state index in [2.05, 4.69) is 9.97 Å². The summed E-state index contributed by atoms with van der Waals surface area (Å²) >= 11 is 0. The molecule has 4 rings (SSSR count). The number of halogens is 1. The Labute approximate surface area is 221 Å². The van der Waals surface area contributed by atoms with E-state index in [0.717, 1.165) is 23.2 Å². The van der Waals surface area contributed by atoms with Crippen LogP contribution in [0.25, 0.3) is 11.1 Å². The molecule has 198 valence electrons. The van der Waals surface area contributed by atoms with Gasteiger partial charge in [0.05, 0.1) is 10.9 Å². The largest absolute Gasteiger partial charge is 0.492 e. The van der Waals surface area contributed by atoms with Gasteiger partial charge in [-0.05, 0) is 61.2 Å². The molecular formula is C29H30FN3O4S. The topological polar surface area (TPSA) is 102 Å². The summed E-state index contributed by atoms with van der Waals surface area (Å²) in [7, 11) is -4.44. The van der Waals surface area contributed by atoms with Crippen LogP contribution in [0.5, 0.6) is 5.88 Å². The highest BCUT2D eigenvalue weighted by atomic mass is 32.2. The van der Waals surface area contributed by atoms with Crippen molar-refractivity contribution in [3.63, 3.8) is 0 Å². The lowest BCUT2D eigenvalue weighted by molar-refractivity contribution is 0.406. The summed E-state index contributed by atoms with van der Waals surface area (Å²) in [6, 6.07) is 14.9. The molecule has 0 aliphatic rings. The maximum absolute atomic E-state index is 14.1. The zero-order chi connectivity index (χ0) is 27.4. The molecule has 1 unspecified atom stereocenters. The number of aryl methyl sites for hydroxylation is 2. The van der Waals surface area contributed by atoms with Crippen LogP contribution < -0.4 is 5.56 Å². The van der Waals surface area contributed by atoms with E-state index in [4.69, 9.17) is 0 Å². The second-order valence-corrected chi connectivity index (χ2v) is 11.0. The molecule has 0 amide bonds. The third-order valence-electron chi connectivity index (χ3n) is 6.57. The summed E-state index contributed by atoms with van der Waals surface area (Å²) in [4.78, 5) is 21.4. The van der Waals surface area contributed by atoms with Crippen LogP contribution in [-0.4, -0.2) is 28.1 Å². The molecule has 2 aromatic carbocycles. The zero-order valence-electron chi connectivity index (χ0n) is 21.6. The molecule has 0 spiro atoms. The van der Waals surface area contributed by atoms with Crippen LogP contribution in [0.4, 0.5) is 4.39 Å². The summed E-state index contributed by atoms with van der Waals surface area (Å²) in [5.41, 5.74) is 2.04. The minimum atomic E-state index is -4.44. The van der Waals surface area contributed by atoms with Gasteiger partial charge in [-0.1, -0.05) is 50.6 Å². The van der Waals surface area contributed by atoms with Crippen molar-refractivity contribution >= 4 is 9.84 Å². The molecule has 2 aromatic heterocycles. The number of pyridine rings is 1. The minimum absolute atomic E-state index is 0.149. The van der Waals surface area contributed by atoms with Crippen LogP contribution in [0.1, 0.15) is 56.2 Å². The molecule has 38 heavy (non-hydrogen) atoms. The molecule has 7 nitrogen and oxygen atoms in total. The summed E-state index contributed by atoms with van der Waals surface area (Å²) in [6.07, 6.45) is 3.89. The number of aromatic hydroxyl groups is 1. The van der Waals surface area contributed by atoms with Crippen molar-refractivity contribution in [2.24, 2.45) is 0 Å². The number of unbranched alkanes of at least 4 members (excludes halogenated alkanes) is 1. The van der Waals surface area contributed by atoms with Gasteiger partial charge < -0.3 is 5.11 Å². The fourth-order valence-electron chi connectivity index (χ4n) is 4.62. The van der Waals surface area contributed by atoms with E-state index in [0.29, 0.717) is 24.8 Å². The number of nitrogens with zero attached hydrogens (tertiary/aromatic N) is 3. The average molecular weight is 536 g/mol. The highest BCUT2D eigenvalue weighted by molar-refractivity contribution is 7.91. The summed E-state index contributed by atoms with van der Waals surface area (Å²) in [6.45, 7) is 5.66. The molecule has 0 fully saturated rings. The van der Waals surface area contributed by atoms with Gasteiger partial charge in [-0.25, -0.2) is 12.8 Å². The monoisotopic (exact) mass is 535 g/mol. The molecule has 9 heteroatoms. The smallest absolute Gasteiger partial charge is 0.277 e. The third kappa shape index (κ3) is 5.24. The summed E-state index contributed by atoms with van der Waals surface area (Å²) in [5, 5.41) is 10.8. The quantitative estimate of drug-likeness (QED) is 0.298. The van der Waals surface area contributed by atoms with Gasteiger partial charge in [0.25, 0.3) is 5.56 Å². The van der Waals surface area contributed by atoms with Crippen molar-refractivity contribution in [1.82, 2.24) is 14.5 Å². The van der Waals surface area contributed by atoms with Crippen LogP contribution in [0.2, 0.25) is 0 Å². The van der Waals surface area contributed by atoms with E-state index in [-0.39, 0.29) is 10.7 Å². The van der Waals surface area contributed by atoms with Crippen LogP contribution in [0.3, 0.4) is 0 Å². The Kier molecular flexibility index (Phi) is 8.06. The molecule has 2 heterocycles. The Morgan fingerprint density at radius 1 is 1.05 bits per heavy atom. The van der Waals surface area contributed by atoms with Crippen molar-refractivity contribution in [3.05, 3.63) is 100 Å². The first kappa shape index (κ1) is 27.2. The van der Waals surface area contributed by atoms with Crippen LogP contribution in [0.15, 0.2) is 81.4 Å². The second kappa shape index (κ2) is 11.3. The standard InChI is InChI=1S/C29H30FN3O4S/c1-4-6-12-26-32-28(34)27(29(35)33(26)25(5-2)21-9-7-10-22(30)18-21)38(36,37)23-15-13-20(14-16-23)24-11-8-17-31-19(24)3/h7-11,13-18,25,34H,4-6,12H2,1-3H3. The predicted molar refractivity (Wildman–Crippen MR) is 143 cm³/mol. The maximum atomic E-state index is 14.1. The van der Waals surface area contributed by atoms with E-state index < -0.39 is 38.0 Å². The number of benzene rings is 2. The van der Waals surface area contributed by atoms with Crippen molar-refractivity contribution in [2.75, 3.05) is 0 Å². The molecule has 1 N–H and O–H groups in total. The fourth-order valence-corrected chi connectivity index (χ4v) is 5.96. The highest BCUT2D eigenvalue weighted by Crippen LogP contribution is 2.30. The van der Waals surface area contributed by atoms with Crippen molar-refractivity contribution < 1.29 is 17.9 Å². The van der Waals surface area contributed by atoms with Crippen LogP contribution in [0, 0.1) is 12.7 Å². The van der Waals surface area contributed by atoms with Gasteiger partial charge in [0.2, 0.25) is 15.7 Å². The molecule has 0 aliphatic carbocycles. The van der Waals surface area contributed by atoms with Crippen LogP contribution in [-0.2, 0) is 16.3 Å². The third-order valence-corrected chi connectivity index (χ3v) is 8.35. The average Bonchev–Trinajstić information content (AvgIpc) is 2.89. The Balaban J connectivity index is 1.87. The van der Waals surface area contributed by atoms with Gasteiger partial charge in [-0.15, -0.1) is 0 Å². The first-order chi connectivity index (χ1) is 18.2. The first-order valence-corrected chi connectivity index (χ1v) is 14.0. The number of sulfone groups is 1. The van der Waals surface area contributed by atoms with Gasteiger partial charge in [0.1, 0.15) is 11.6 Å². The minimum Gasteiger partial charge on any atom is -0.492 e. The molecule has 4 aromatic rings. The molecule has 0 saturated heterocycles. The lowest BCUT2D eigenvalue weighted by Crippen LogP contribution is -2.33. The number of hydrogen-bond acceptors (Lipinski definition) is 6. The molecule has 0 radical (unpaired) electrons. The van der Waals surface area contributed by atoms with Gasteiger partial charge in [0, 0.05) is 23.9 Å². The Morgan fingerprint density at radius 3 is 2.42 bits per heavy atom. The van der Waals surface area contributed by atoms with E-state index in [9.17, 15) is 22.7 Å². The molecule has 1 atom stereocenters. The van der Waals surface area contributed by atoms with E-state index in [1.807, 2.05) is 26.8 Å². The summed E-state index contributed by atoms with van der Waals surface area (Å²) < 4.78 is 42.7. The lowest BCUT2D eigenvalue weighted by atomic mass is 10.0. The van der Waals surface area contributed by atoms with Gasteiger partial charge in [-0.3, -0.25) is 14.3 Å². The van der Waals surface area contributed by atoms with E-state index in [1.54, 1.807) is 36.5 Å². The predicted octanol–water partition coefficient (Wildman–Crippen LogP) is 5.63. The number of hydrogen-bond donors (Lipinski definition) is 1. The number of rotatable bonds is 9. The van der Waals surface area contributed by atoms with Gasteiger partial charge in [-0.2, -0.15) is 4.98 Å². The molecule has 0 bridgehead atoms. The fraction of sp³-hybridized carbons (Fsp3) is 0.276.